The highest BCUT2D eigenvalue weighted by molar-refractivity contribution is 7.89. The molecule has 3 rings (SSSR count). The number of allylic oxidation sites excluding steroid dienone is 1. The number of fused-ring (bicyclic) bond motifs is 1. The molecule has 0 aromatic heterocycles. The van der Waals surface area contributed by atoms with Gasteiger partial charge in [-0.25, -0.2) is 13.6 Å². The number of hydrogen-bond donors (Lipinski definition) is 1. The Morgan fingerprint density at radius 2 is 1.85 bits per heavy atom. The van der Waals surface area contributed by atoms with Gasteiger partial charge in [0.05, 0.1) is 12.0 Å². The Hall–Kier alpha value is -2.64. The number of methoxy groups -OCH3 is 1. The van der Waals surface area contributed by atoms with Crippen molar-refractivity contribution in [2.45, 2.75) is 24.8 Å². The number of carbonyl (C=O) groups is 1. The zero-order valence-electron chi connectivity index (χ0n) is 15.3. The zero-order chi connectivity index (χ0) is 19.6. The van der Waals surface area contributed by atoms with E-state index in [0.717, 1.165) is 28.0 Å². The highest BCUT2D eigenvalue weighted by Crippen LogP contribution is 2.23. The van der Waals surface area contributed by atoms with Gasteiger partial charge in [-0.05, 0) is 59.9 Å². The fourth-order valence-corrected chi connectivity index (χ4v) is 3.68. The van der Waals surface area contributed by atoms with E-state index in [9.17, 15) is 13.2 Å². The molecule has 2 aromatic rings. The van der Waals surface area contributed by atoms with Crippen LogP contribution in [-0.2, 0) is 27.8 Å². The second-order valence-corrected chi connectivity index (χ2v) is 8.10. The van der Waals surface area contributed by atoms with Crippen molar-refractivity contribution >= 4 is 21.5 Å². The van der Waals surface area contributed by atoms with Crippen molar-refractivity contribution in [3.63, 3.8) is 0 Å². The second-order valence-electron chi connectivity index (χ2n) is 6.54. The first-order chi connectivity index (χ1) is 12.8. The van der Waals surface area contributed by atoms with Crippen molar-refractivity contribution in [3.05, 3.63) is 65.2 Å². The molecule has 0 atom stereocenters. The van der Waals surface area contributed by atoms with E-state index in [4.69, 9.17) is 9.88 Å². The van der Waals surface area contributed by atoms with Gasteiger partial charge >= 0.3 is 0 Å². The lowest BCUT2D eigenvalue weighted by Crippen LogP contribution is -2.35. The molecule has 1 heterocycles. The SMILES string of the molecule is COc1ccc(/C(C)=C/C(=O)N2CCc3ccc(S(N)(=O)=O)cc3C2)cc1. The van der Waals surface area contributed by atoms with Gasteiger partial charge < -0.3 is 9.64 Å². The predicted molar refractivity (Wildman–Crippen MR) is 104 cm³/mol. The van der Waals surface area contributed by atoms with E-state index in [2.05, 4.69) is 0 Å². The summed E-state index contributed by atoms with van der Waals surface area (Å²) in [4.78, 5) is 14.5. The van der Waals surface area contributed by atoms with Gasteiger partial charge in [-0.1, -0.05) is 18.2 Å². The molecule has 7 heteroatoms. The van der Waals surface area contributed by atoms with E-state index in [0.29, 0.717) is 19.5 Å². The molecule has 142 valence electrons. The second kappa shape index (κ2) is 7.54. The van der Waals surface area contributed by atoms with E-state index in [1.54, 1.807) is 30.2 Å². The molecule has 1 amide bonds. The van der Waals surface area contributed by atoms with E-state index in [1.807, 2.05) is 31.2 Å². The van der Waals surface area contributed by atoms with Gasteiger partial charge in [-0.2, -0.15) is 0 Å². The van der Waals surface area contributed by atoms with Crippen LogP contribution in [0.5, 0.6) is 5.75 Å². The van der Waals surface area contributed by atoms with E-state index >= 15 is 0 Å². The molecule has 0 unspecified atom stereocenters. The molecule has 6 nitrogen and oxygen atoms in total. The van der Waals surface area contributed by atoms with Crippen LogP contribution in [-0.4, -0.2) is 32.9 Å². The Morgan fingerprint density at radius 3 is 2.48 bits per heavy atom. The molecule has 1 aliphatic rings. The first-order valence-corrected chi connectivity index (χ1v) is 10.1. The molecule has 0 aliphatic carbocycles. The smallest absolute Gasteiger partial charge is 0.247 e. The van der Waals surface area contributed by atoms with Crippen molar-refractivity contribution in [3.8, 4) is 5.75 Å². The minimum Gasteiger partial charge on any atom is -0.497 e. The quantitative estimate of drug-likeness (QED) is 0.817. The van der Waals surface area contributed by atoms with Crippen molar-refractivity contribution in [1.82, 2.24) is 4.90 Å². The average Bonchev–Trinajstić information content (AvgIpc) is 2.66. The van der Waals surface area contributed by atoms with Crippen LogP contribution in [0.15, 0.2) is 53.4 Å². The fraction of sp³-hybridized carbons (Fsp3) is 0.250. The van der Waals surface area contributed by atoms with Crippen LogP contribution in [0.25, 0.3) is 5.57 Å². The summed E-state index contributed by atoms with van der Waals surface area (Å²) in [5.74, 6) is 0.658. The van der Waals surface area contributed by atoms with Gasteiger partial charge in [-0.15, -0.1) is 0 Å². The third-order valence-electron chi connectivity index (χ3n) is 4.72. The normalized spacial score (nSPS) is 14.6. The maximum Gasteiger partial charge on any atom is 0.247 e. The van der Waals surface area contributed by atoms with Crippen LogP contribution in [0.4, 0.5) is 0 Å². The number of ether oxygens (including phenoxy) is 1. The summed E-state index contributed by atoms with van der Waals surface area (Å²) in [6.45, 7) is 2.84. The van der Waals surface area contributed by atoms with Crippen LogP contribution in [0.3, 0.4) is 0 Å². The molecule has 0 saturated carbocycles. The molecule has 0 fully saturated rings. The van der Waals surface area contributed by atoms with Crippen molar-refractivity contribution in [1.29, 1.82) is 0 Å². The van der Waals surface area contributed by atoms with Crippen LogP contribution in [0.2, 0.25) is 0 Å². The van der Waals surface area contributed by atoms with Crippen molar-refractivity contribution in [2.75, 3.05) is 13.7 Å². The van der Waals surface area contributed by atoms with Crippen LogP contribution in [0, 0.1) is 0 Å². The van der Waals surface area contributed by atoms with E-state index in [-0.39, 0.29) is 10.8 Å². The number of nitrogens with zero attached hydrogens (tertiary/aromatic N) is 1. The Kier molecular flexibility index (Phi) is 5.34. The molecule has 2 aromatic carbocycles. The highest BCUT2D eigenvalue weighted by Gasteiger charge is 2.21. The maximum atomic E-state index is 12.7. The summed E-state index contributed by atoms with van der Waals surface area (Å²) in [6.07, 6.45) is 2.29. The Labute approximate surface area is 159 Å². The minimum absolute atomic E-state index is 0.0699. The summed E-state index contributed by atoms with van der Waals surface area (Å²) in [5, 5.41) is 5.21. The first kappa shape index (κ1) is 19.1. The lowest BCUT2D eigenvalue weighted by molar-refractivity contribution is -0.126. The van der Waals surface area contributed by atoms with Gasteiger partial charge in [0.15, 0.2) is 0 Å². The number of rotatable bonds is 4. The summed E-state index contributed by atoms with van der Waals surface area (Å²) < 4.78 is 28.3. The third kappa shape index (κ3) is 4.37. The maximum absolute atomic E-state index is 12.7. The number of primary sulfonamides is 1. The molecule has 27 heavy (non-hydrogen) atoms. The fourth-order valence-electron chi connectivity index (χ4n) is 3.11. The van der Waals surface area contributed by atoms with Crippen molar-refractivity contribution < 1.29 is 17.9 Å². The highest BCUT2D eigenvalue weighted by atomic mass is 32.2. The molecule has 0 spiro atoms. The number of sulfonamides is 1. The van der Waals surface area contributed by atoms with Crippen LogP contribution in [0.1, 0.15) is 23.6 Å². The topological polar surface area (TPSA) is 89.7 Å². The Bertz CT molecular complexity index is 995. The number of carbonyl (C=O) groups excluding carboxylic acids is 1. The van der Waals surface area contributed by atoms with Gasteiger partial charge in [0.25, 0.3) is 0 Å². The monoisotopic (exact) mass is 386 g/mol. The van der Waals surface area contributed by atoms with Crippen molar-refractivity contribution in [2.24, 2.45) is 5.14 Å². The lowest BCUT2D eigenvalue weighted by Gasteiger charge is -2.28. The van der Waals surface area contributed by atoms with Gasteiger partial charge in [0.2, 0.25) is 15.9 Å². The number of amides is 1. The number of benzene rings is 2. The molecular formula is C20H22N2O4S. The minimum atomic E-state index is -3.76. The molecule has 2 N–H and O–H groups in total. The van der Waals surface area contributed by atoms with Crippen LogP contribution >= 0.6 is 0 Å². The molecule has 1 aliphatic heterocycles. The zero-order valence-corrected chi connectivity index (χ0v) is 16.1. The predicted octanol–water partition coefficient (Wildman–Crippen LogP) is 2.33. The number of nitrogens with two attached hydrogens (primary N) is 1. The first-order valence-electron chi connectivity index (χ1n) is 8.54. The standard InChI is InChI=1S/C20H22N2O4S/c1-14(15-3-6-18(26-2)7-4-15)11-20(23)22-10-9-16-5-8-19(27(21,24)25)12-17(16)13-22/h3-8,11-12H,9-10,13H2,1-2H3,(H2,21,24,25)/b14-11+. The van der Waals surface area contributed by atoms with Gasteiger partial charge in [0.1, 0.15) is 5.75 Å². The summed E-state index contributed by atoms with van der Waals surface area (Å²) in [7, 11) is -2.15. The summed E-state index contributed by atoms with van der Waals surface area (Å²) in [6, 6.07) is 12.4. The third-order valence-corrected chi connectivity index (χ3v) is 5.63. The number of hydrogen-bond acceptors (Lipinski definition) is 4. The largest absolute Gasteiger partial charge is 0.497 e. The molecule has 0 bridgehead atoms. The van der Waals surface area contributed by atoms with Gasteiger partial charge in [0, 0.05) is 19.2 Å². The molecule has 0 saturated heterocycles. The molecule has 0 radical (unpaired) electrons. The molecular weight excluding hydrogens is 364 g/mol. The van der Waals surface area contributed by atoms with E-state index < -0.39 is 10.0 Å². The average molecular weight is 386 g/mol. The van der Waals surface area contributed by atoms with Gasteiger partial charge in [-0.3, -0.25) is 4.79 Å². The summed E-state index contributed by atoms with van der Waals surface area (Å²) in [5.41, 5.74) is 3.66. The van der Waals surface area contributed by atoms with Crippen LogP contribution < -0.4 is 9.88 Å². The Morgan fingerprint density at radius 1 is 1.15 bits per heavy atom. The Balaban J connectivity index is 1.78. The summed E-state index contributed by atoms with van der Waals surface area (Å²) >= 11 is 0. The van der Waals surface area contributed by atoms with E-state index in [1.165, 1.54) is 6.07 Å². The lowest BCUT2D eigenvalue weighted by atomic mass is 9.99.